The van der Waals surface area contributed by atoms with Crippen LogP contribution >= 0.6 is 0 Å². The maximum atomic E-state index is 11.6. The first-order chi connectivity index (χ1) is 8.82. The molecule has 0 unspecified atom stereocenters. The van der Waals surface area contributed by atoms with E-state index in [-0.39, 0.29) is 17.1 Å². The first kappa shape index (κ1) is 13.4. The Labute approximate surface area is 113 Å². The Balaban J connectivity index is 2.63. The van der Waals surface area contributed by atoms with Crippen LogP contribution in [0, 0.1) is 0 Å². The van der Waals surface area contributed by atoms with Crippen LogP contribution in [0.3, 0.4) is 0 Å². The van der Waals surface area contributed by atoms with Gasteiger partial charge >= 0.3 is 0 Å². The summed E-state index contributed by atoms with van der Waals surface area (Å²) in [4.78, 5) is 11.6. The average Bonchev–Trinajstić information content (AvgIpc) is 2.36. The minimum atomic E-state index is -0.197. The van der Waals surface area contributed by atoms with Gasteiger partial charge in [-0.2, -0.15) is 0 Å². The number of aromatic hydroxyl groups is 1. The fourth-order valence-corrected chi connectivity index (χ4v) is 2.08. The largest absolute Gasteiger partial charge is 0.507 e. The molecule has 0 fully saturated rings. The third kappa shape index (κ3) is 2.55. The predicted octanol–water partition coefficient (Wildman–Crippen LogP) is 3.20. The van der Waals surface area contributed by atoms with Gasteiger partial charge in [0.2, 0.25) is 0 Å². The van der Waals surface area contributed by atoms with Gasteiger partial charge in [0.25, 0.3) is 5.91 Å². The summed E-state index contributed by atoms with van der Waals surface area (Å²) in [5, 5.41) is 14.3. The lowest BCUT2D eigenvalue weighted by Gasteiger charge is -2.19. The van der Waals surface area contributed by atoms with Crippen molar-refractivity contribution in [1.82, 2.24) is 5.32 Å². The number of phenols is 1. The van der Waals surface area contributed by atoms with Crippen LogP contribution in [0.2, 0.25) is 0 Å². The molecular weight excluding hydrogens is 238 g/mol. The lowest BCUT2D eigenvalue weighted by atomic mass is 9.85. The first-order valence-electron chi connectivity index (χ1n) is 6.32. The number of rotatable bonds is 1. The van der Waals surface area contributed by atoms with E-state index in [4.69, 9.17) is 0 Å². The predicted molar refractivity (Wildman–Crippen MR) is 77.7 cm³/mol. The Kier molecular flexibility index (Phi) is 3.23. The lowest BCUT2D eigenvalue weighted by molar-refractivity contribution is 0.0963. The zero-order valence-corrected chi connectivity index (χ0v) is 11.7. The maximum absolute atomic E-state index is 11.6. The van der Waals surface area contributed by atoms with Crippen LogP contribution in [0.15, 0.2) is 30.3 Å². The van der Waals surface area contributed by atoms with E-state index in [1.165, 1.54) is 6.07 Å². The van der Waals surface area contributed by atoms with Gasteiger partial charge in [0.15, 0.2) is 0 Å². The van der Waals surface area contributed by atoms with Crippen molar-refractivity contribution in [2.45, 2.75) is 26.2 Å². The SMILES string of the molecule is CNC(=O)c1cc(O)c2cc(C(C)(C)C)ccc2c1. The third-order valence-electron chi connectivity index (χ3n) is 3.29. The summed E-state index contributed by atoms with van der Waals surface area (Å²) < 4.78 is 0. The van der Waals surface area contributed by atoms with E-state index >= 15 is 0 Å². The average molecular weight is 257 g/mol. The molecule has 2 aromatic carbocycles. The van der Waals surface area contributed by atoms with Gasteiger partial charge in [-0.1, -0.05) is 32.9 Å². The molecule has 3 nitrogen and oxygen atoms in total. The molecular formula is C16H19NO2. The van der Waals surface area contributed by atoms with E-state index in [1.807, 2.05) is 18.2 Å². The minimum Gasteiger partial charge on any atom is -0.507 e. The molecule has 0 aromatic heterocycles. The van der Waals surface area contributed by atoms with E-state index in [2.05, 4.69) is 26.1 Å². The summed E-state index contributed by atoms with van der Waals surface area (Å²) in [6.07, 6.45) is 0. The number of carbonyl (C=O) groups excluding carboxylic acids is 1. The van der Waals surface area contributed by atoms with Crippen LogP contribution in [0.5, 0.6) is 5.75 Å². The molecule has 2 N–H and O–H groups in total. The molecule has 0 atom stereocenters. The van der Waals surface area contributed by atoms with E-state index in [0.29, 0.717) is 5.56 Å². The van der Waals surface area contributed by atoms with Crippen molar-refractivity contribution in [2.24, 2.45) is 0 Å². The summed E-state index contributed by atoms with van der Waals surface area (Å²) in [5.74, 6) is -0.0562. The smallest absolute Gasteiger partial charge is 0.251 e. The van der Waals surface area contributed by atoms with E-state index in [9.17, 15) is 9.90 Å². The molecule has 0 bridgehead atoms. The van der Waals surface area contributed by atoms with Crippen LogP contribution in [-0.4, -0.2) is 18.1 Å². The first-order valence-corrected chi connectivity index (χ1v) is 6.32. The van der Waals surface area contributed by atoms with Gasteiger partial charge < -0.3 is 10.4 Å². The van der Waals surface area contributed by atoms with E-state index < -0.39 is 0 Å². The molecule has 0 spiro atoms. The third-order valence-corrected chi connectivity index (χ3v) is 3.29. The number of carbonyl (C=O) groups is 1. The summed E-state index contributed by atoms with van der Waals surface area (Å²) in [6.45, 7) is 6.39. The van der Waals surface area contributed by atoms with Gasteiger partial charge in [-0.05, 0) is 34.6 Å². The van der Waals surface area contributed by atoms with Crippen molar-refractivity contribution < 1.29 is 9.90 Å². The molecule has 0 saturated heterocycles. The van der Waals surface area contributed by atoms with E-state index in [0.717, 1.165) is 16.3 Å². The van der Waals surface area contributed by atoms with Crippen molar-refractivity contribution in [3.63, 3.8) is 0 Å². The Morgan fingerprint density at radius 3 is 2.42 bits per heavy atom. The fourth-order valence-electron chi connectivity index (χ4n) is 2.08. The molecule has 0 aliphatic rings. The van der Waals surface area contributed by atoms with Crippen LogP contribution in [-0.2, 0) is 5.41 Å². The normalized spacial score (nSPS) is 11.6. The zero-order chi connectivity index (χ0) is 14.2. The highest BCUT2D eigenvalue weighted by Crippen LogP contribution is 2.31. The number of amides is 1. The topological polar surface area (TPSA) is 49.3 Å². The Bertz CT molecular complexity index is 639. The number of hydrogen-bond acceptors (Lipinski definition) is 2. The maximum Gasteiger partial charge on any atom is 0.251 e. The second kappa shape index (κ2) is 4.57. The van der Waals surface area contributed by atoms with Gasteiger partial charge in [0.1, 0.15) is 5.75 Å². The van der Waals surface area contributed by atoms with Gasteiger partial charge in [-0.25, -0.2) is 0 Å². The van der Waals surface area contributed by atoms with Gasteiger partial charge in [-0.15, -0.1) is 0 Å². The molecule has 2 aromatic rings. The number of hydrogen-bond donors (Lipinski definition) is 2. The van der Waals surface area contributed by atoms with Crippen molar-refractivity contribution in [1.29, 1.82) is 0 Å². The Morgan fingerprint density at radius 2 is 1.84 bits per heavy atom. The van der Waals surface area contributed by atoms with Gasteiger partial charge in [-0.3, -0.25) is 4.79 Å². The summed E-state index contributed by atoms with van der Waals surface area (Å²) in [6, 6.07) is 9.27. The molecule has 2 rings (SSSR count). The zero-order valence-electron chi connectivity index (χ0n) is 11.7. The van der Waals surface area contributed by atoms with Crippen molar-refractivity contribution >= 4 is 16.7 Å². The fraction of sp³-hybridized carbons (Fsp3) is 0.312. The van der Waals surface area contributed by atoms with Crippen LogP contribution in [0.4, 0.5) is 0 Å². The number of nitrogens with one attached hydrogen (secondary N) is 1. The van der Waals surface area contributed by atoms with Gasteiger partial charge in [0, 0.05) is 18.0 Å². The molecule has 3 heteroatoms. The molecule has 1 amide bonds. The van der Waals surface area contributed by atoms with Crippen molar-refractivity contribution in [2.75, 3.05) is 7.05 Å². The molecule has 0 radical (unpaired) electrons. The molecule has 0 aliphatic heterocycles. The second-order valence-corrected chi connectivity index (χ2v) is 5.76. The highest BCUT2D eigenvalue weighted by atomic mass is 16.3. The molecule has 100 valence electrons. The van der Waals surface area contributed by atoms with Crippen LogP contribution in [0.1, 0.15) is 36.7 Å². The minimum absolute atomic E-state index is 0.0279. The van der Waals surface area contributed by atoms with Crippen LogP contribution in [0.25, 0.3) is 10.8 Å². The number of phenolic OH excluding ortho intramolecular Hbond substituents is 1. The molecule has 0 saturated carbocycles. The molecule has 0 aliphatic carbocycles. The summed E-state index contributed by atoms with van der Waals surface area (Å²) in [7, 11) is 1.58. The van der Waals surface area contributed by atoms with Crippen LogP contribution < -0.4 is 5.32 Å². The highest BCUT2D eigenvalue weighted by molar-refractivity contribution is 6.00. The molecule has 0 heterocycles. The summed E-state index contributed by atoms with van der Waals surface area (Å²) in [5.41, 5.74) is 1.65. The number of benzene rings is 2. The molecule has 19 heavy (non-hydrogen) atoms. The van der Waals surface area contributed by atoms with Crippen molar-refractivity contribution in [3.05, 3.63) is 41.5 Å². The quantitative estimate of drug-likeness (QED) is 0.824. The highest BCUT2D eigenvalue weighted by Gasteiger charge is 2.15. The van der Waals surface area contributed by atoms with Crippen molar-refractivity contribution in [3.8, 4) is 5.75 Å². The standard InChI is InChI=1S/C16H19NO2/c1-16(2,3)12-6-5-10-7-11(15(19)17-4)8-14(18)13(10)9-12/h5-9,18H,1-4H3,(H,17,19). The van der Waals surface area contributed by atoms with E-state index in [1.54, 1.807) is 13.1 Å². The second-order valence-electron chi connectivity index (χ2n) is 5.76. The Morgan fingerprint density at radius 1 is 1.16 bits per heavy atom. The monoisotopic (exact) mass is 257 g/mol. The number of fused-ring (bicyclic) bond motifs is 1. The lowest BCUT2D eigenvalue weighted by Crippen LogP contribution is -2.17. The summed E-state index contributed by atoms with van der Waals surface area (Å²) >= 11 is 0. The Hall–Kier alpha value is -2.03. The van der Waals surface area contributed by atoms with Gasteiger partial charge in [0.05, 0.1) is 0 Å².